The smallest absolute Gasteiger partial charge is 0.306 e. The Morgan fingerprint density at radius 3 is 1.88 bits per heavy atom. The molecule has 0 atom stereocenters. The number of rotatable bonds is 13. The topological polar surface area (TPSA) is 55.8 Å². The van der Waals surface area contributed by atoms with Crippen LogP contribution < -0.4 is 9.64 Å². The quantitative estimate of drug-likeness (QED) is 0.0704. The van der Waals surface area contributed by atoms with Gasteiger partial charge in [0.1, 0.15) is 11.4 Å². The van der Waals surface area contributed by atoms with E-state index in [4.69, 9.17) is 9.47 Å². The first kappa shape index (κ1) is 30.3. The maximum absolute atomic E-state index is 11.9. The molecule has 0 fully saturated rings. The van der Waals surface area contributed by atoms with E-state index in [9.17, 15) is 9.59 Å². The highest BCUT2D eigenvalue weighted by Crippen LogP contribution is 2.34. The molecule has 0 aromatic heterocycles. The second-order valence-corrected chi connectivity index (χ2v) is 11.1. The van der Waals surface area contributed by atoms with E-state index in [0.29, 0.717) is 24.3 Å². The monoisotopic (exact) mass is 561 g/mol. The Balaban J connectivity index is 1.36. The van der Waals surface area contributed by atoms with Crippen LogP contribution in [0.15, 0.2) is 103 Å². The number of unbranched alkanes of at least 4 members (excludes halogenated alkanes) is 2. The first-order valence-corrected chi connectivity index (χ1v) is 14.4. The Morgan fingerprint density at radius 2 is 1.29 bits per heavy atom. The highest BCUT2D eigenvalue weighted by Gasteiger charge is 2.15. The van der Waals surface area contributed by atoms with Gasteiger partial charge in [-0.15, -0.1) is 0 Å². The van der Waals surface area contributed by atoms with Crippen molar-refractivity contribution in [3.63, 3.8) is 0 Å². The molecule has 42 heavy (non-hydrogen) atoms. The molecular weight excluding hydrogens is 522 g/mol. The van der Waals surface area contributed by atoms with E-state index >= 15 is 0 Å². The highest BCUT2D eigenvalue weighted by atomic mass is 16.6. The van der Waals surface area contributed by atoms with Gasteiger partial charge in [0.05, 0.1) is 12.2 Å². The van der Waals surface area contributed by atoms with Crippen LogP contribution in [0.5, 0.6) is 5.75 Å². The van der Waals surface area contributed by atoms with E-state index in [2.05, 4.69) is 59.5 Å². The molecule has 0 spiro atoms. The molecule has 0 heterocycles. The number of para-hydroxylation sites is 2. The van der Waals surface area contributed by atoms with Gasteiger partial charge >= 0.3 is 5.97 Å². The molecule has 5 nitrogen and oxygen atoms in total. The molecular formula is C37H39NO4. The summed E-state index contributed by atoms with van der Waals surface area (Å²) >= 11 is 0. The number of anilines is 3. The summed E-state index contributed by atoms with van der Waals surface area (Å²) in [7, 11) is 0. The minimum Gasteiger partial charge on any atom is -0.493 e. The van der Waals surface area contributed by atoms with Crippen LogP contribution in [0.4, 0.5) is 17.1 Å². The van der Waals surface area contributed by atoms with Crippen LogP contribution in [0.1, 0.15) is 67.9 Å². The summed E-state index contributed by atoms with van der Waals surface area (Å²) in [6, 6.07) is 34.7. The Kier molecular flexibility index (Phi) is 10.7. The molecule has 0 radical (unpaired) electrons. The lowest BCUT2D eigenvalue weighted by atomic mass is 10.1. The number of carbonyl (C=O) groups is 2. The van der Waals surface area contributed by atoms with Crippen LogP contribution in [0.2, 0.25) is 0 Å². The molecule has 5 heteroatoms. The molecule has 0 aliphatic rings. The zero-order valence-electron chi connectivity index (χ0n) is 24.7. The van der Waals surface area contributed by atoms with Crippen molar-refractivity contribution in [2.24, 2.45) is 0 Å². The Hall–Kier alpha value is -4.64. The standard InChI is InChI=1S/C37H39NO4/c1-37(2,3)42-36(40)17-11-6-12-26-41-35-27-30(20-23-31(35)28-39)19-18-29-21-24-34(25-22-29)38(32-13-7-4-8-14-32)33-15-9-5-10-16-33/h4-5,7-10,13-16,18-25,27-28H,6,11-12,17,26H2,1-3H3/b19-18+. The molecule has 0 aliphatic carbocycles. The van der Waals surface area contributed by atoms with Crippen molar-refractivity contribution in [1.82, 2.24) is 0 Å². The maximum atomic E-state index is 11.9. The normalized spacial score (nSPS) is 11.3. The van der Waals surface area contributed by atoms with Crippen LogP contribution >= 0.6 is 0 Å². The molecule has 0 saturated carbocycles. The summed E-state index contributed by atoms with van der Waals surface area (Å²) < 4.78 is 11.3. The zero-order valence-corrected chi connectivity index (χ0v) is 24.7. The van der Waals surface area contributed by atoms with Crippen molar-refractivity contribution in [1.29, 1.82) is 0 Å². The molecule has 216 valence electrons. The number of hydrogen-bond donors (Lipinski definition) is 0. The van der Waals surface area contributed by atoms with Gasteiger partial charge in [-0.2, -0.15) is 0 Å². The number of ether oxygens (including phenoxy) is 2. The predicted molar refractivity (Wildman–Crippen MR) is 172 cm³/mol. The number of nitrogens with zero attached hydrogens (tertiary/aromatic N) is 1. The van der Waals surface area contributed by atoms with E-state index in [0.717, 1.165) is 53.7 Å². The Bertz CT molecular complexity index is 1420. The van der Waals surface area contributed by atoms with Gasteiger partial charge in [0.2, 0.25) is 0 Å². The lowest BCUT2D eigenvalue weighted by Crippen LogP contribution is -2.23. The molecule has 0 saturated heterocycles. The highest BCUT2D eigenvalue weighted by molar-refractivity contribution is 5.82. The molecule has 0 bridgehead atoms. The van der Waals surface area contributed by atoms with E-state index in [-0.39, 0.29) is 5.97 Å². The second-order valence-electron chi connectivity index (χ2n) is 11.1. The van der Waals surface area contributed by atoms with Crippen molar-refractivity contribution >= 4 is 41.5 Å². The number of benzene rings is 4. The lowest BCUT2D eigenvalue weighted by molar-refractivity contribution is -0.154. The zero-order chi connectivity index (χ0) is 29.8. The summed E-state index contributed by atoms with van der Waals surface area (Å²) in [6.45, 7) is 6.09. The van der Waals surface area contributed by atoms with Gasteiger partial charge in [-0.25, -0.2) is 0 Å². The summed E-state index contributed by atoms with van der Waals surface area (Å²) in [6.07, 6.45) is 7.66. The fraction of sp³-hybridized carbons (Fsp3) is 0.243. The largest absolute Gasteiger partial charge is 0.493 e. The summed E-state index contributed by atoms with van der Waals surface area (Å²) in [4.78, 5) is 25.7. The average Bonchev–Trinajstić information content (AvgIpc) is 2.99. The van der Waals surface area contributed by atoms with Gasteiger partial charge in [0, 0.05) is 23.5 Å². The van der Waals surface area contributed by atoms with Crippen LogP contribution in [0.25, 0.3) is 12.2 Å². The number of carbonyl (C=O) groups excluding carboxylic acids is 2. The molecule has 4 aromatic rings. The molecule has 4 aromatic carbocycles. The van der Waals surface area contributed by atoms with E-state index in [1.165, 1.54) is 0 Å². The average molecular weight is 562 g/mol. The Labute approximate surface area is 249 Å². The minimum atomic E-state index is -0.458. The predicted octanol–water partition coefficient (Wildman–Crippen LogP) is 9.42. The van der Waals surface area contributed by atoms with E-state index in [1.807, 2.05) is 75.4 Å². The first-order valence-electron chi connectivity index (χ1n) is 14.4. The van der Waals surface area contributed by atoms with Crippen molar-refractivity contribution in [3.05, 3.63) is 120 Å². The summed E-state index contributed by atoms with van der Waals surface area (Å²) in [5.74, 6) is 0.390. The Morgan fingerprint density at radius 1 is 0.714 bits per heavy atom. The molecule has 0 unspecified atom stereocenters. The fourth-order valence-corrected chi connectivity index (χ4v) is 4.53. The molecule has 0 N–H and O–H groups in total. The summed E-state index contributed by atoms with van der Waals surface area (Å²) in [5.41, 5.74) is 5.33. The van der Waals surface area contributed by atoms with Gasteiger partial charge < -0.3 is 14.4 Å². The van der Waals surface area contributed by atoms with Gasteiger partial charge in [-0.05, 0) is 99.7 Å². The minimum absolute atomic E-state index is 0.175. The molecule has 0 amide bonds. The number of aldehydes is 1. The van der Waals surface area contributed by atoms with Crippen LogP contribution in [0, 0.1) is 0 Å². The first-order chi connectivity index (χ1) is 20.3. The third-order valence-electron chi connectivity index (χ3n) is 6.52. The van der Waals surface area contributed by atoms with Gasteiger partial charge in [0.25, 0.3) is 0 Å². The third-order valence-corrected chi connectivity index (χ3v) is 6.52. The van der Waals surface area contributed by atoms with Crippen molar-refractivity contribution in [3.8, 4) is 5.75 Å². The molecule has 4 rings (SSSR count). The van der Waals surface area contributed by atoms with E-state index in [1.54, 1.807) is 6.07 Å². The van der Waals surface area contributed by atoms with Gasteiger partial charge in [-0.1, -0.05) is 66.7 Å². The third kappa shape index (κ3) is 9.20. The lowest BCUT2D eigenvalue weighted by Gasteiger charge is -2.25. The van der Waals surface area contributed by atoms with Crippen LogP contribution in [-0.4, -0.2) is 24.5 Å². The van der Waals surface area contributed by atoms with Crippen LogP contribution in [0.3, 0.4) is 0 Å². The van der Waals surface area contributed by atoms with Crippen molar-refractivity contribution in [2.45, 2.75) is 52.1 Å². The van der Waals surface area contributed by atoms with Crippen LogP contribution in [-0.2, 0) is 9.53 Å². The van der Waals surface area contributed by atoms with Gasteiger partial charge in [-0.3, -0.25) is 9.59 Å². The maximum Gasteiger partial charge on any atom is 0.306 e. The van der Waals surface area contributed by atoms with Crippen molar-refractivity contribution in [2.75, 3.05) is 11.5 Å². The van der Waals surface area contributed by atoms with Crippen molar-refractivity contribution < 1.29 is 19.1 Å². The fourth-order valence-electron chi connectivity index (χ4n) is 4.53. The molecule has 0 aliphatic heterocycles. The number of esters is 1. The van der Waals surface area contributed by atoms with E-state index < -0.39 is 5.60 Å². The number of hydrogen-bond acceptors (Lipinski definition) is 5. The summed E-state index contributed by atoms with van der Waals surface area (Å²) in [5, 5.41) is 0. The SMILES string of the molecule is CC(C)(C)OC(=O)CCCCCOc1cc(/C=C/c2ccc(N(c3ccccc3)c3ccccc3)cc2)ccc1C=O. The second kappa shape index (κ2) is 14.8. The van der Waals surface area contributed by atoms with Gasteiger partial charge in [0.15, 0.2) is 6.29 Å².